The fraction of sp³-hybridized carbons (Fsp3) is 0.0244. The summed E-state index contributed by atoms with van der Waals surface area (Å²) in [6.07, 6.45) is 0. The molecular weight excluding hydrogens is 548 g/mol. The standard InChI is InChI=1S/C41H28N4/c1-27-25-35(28-11-5-2-6-12-28)34-23-21-32-22-24-36(43-39(32)40(34)42-27)31-17-19-33(20-18-31)41-44-37(29-13-7-3-8-14-29)26-38(45-41)30-15-9-4-10-16-30/h2-26H,1H3. The van der Waals surface area contributed by atoms with Gasteiger partial charge in [-0.2, -0.15) is 0 Å². The second-order valence-electron chi connectivity index (χ2n) is 11.2. The summed E-state index contributed by atoms with van der Waals surface area (Å²) in [5, 5.41) is 2.17. The summed E-state index contributed by atoms with van der Waals surface area (Å²) in [6.45, 7) is 2.05. The highest BCUT2D eigenvalue weighted by atomic mass is 14.9. The second-order valence-corrected chi connectivity index (χ2v) is 11.2. The number of hydrogen-bond acceptors (Lipinski definition) is 4. The van der Waals surface area contributed by atoms with Crippen molar-refractivity contribution in [3.8, 4) is 56.3 Å². The van der Waals surface area contributed by atoms with Gasteiger partial charge in [0.05, 0.1) is 28.1 Å². The predicted octanol–water partition coefficient (Wildman–Crippen LogP) is 10.2. The van der Waals surface area contributed by atoms with Gasteiger partial charge in [0.2, 0.25) is 0 Å². The molecule has 5 aromatic carbocycles. The van der Waals surface area contributed by atoms with Crippen LogP contribution in [0.1, 0.15) is 5.69 Å². The lowest BCUT2D eigenvalue weighted by molar-refractivity contribution is 1.18. The molecule has 212 valence electrons. The number of fused-ring (bicyclic) bond motifs is 3. The van der Waals surface area contributed by atoms with E-state index in [1.54, 1.807) is 0 Å². The van der Waals surface area contributed by atoms with Crippen molar-refractivity contribution < 1.29 is 0 Å². The number of rotatable bonds is 5. The highest BCUT2D eigenvalue weighted by Crippen LogP contribution is 2.34. The van der Waals surface area contributed by atoms with Gasteiger partial charge in [-0.3, -0.25) is 4.98 Å². The van der Waals surface area contributed by atoms with Crippen LogP contribution < -0.4 is 0 Å². The Morgan fingerprint density at radius 1 is 0.378 bits per heavy atom. The lowest BCUT2D eigenvalue weighted by Crippen LogP contribution is -1.96. The molecule has 0 amide bonds. The van der Waals surface area contributed by atoms with E-state index >= 15 is 0 Å². The van der Waals surface area contributed by atoms with Crippen molar-refractivity contribution in [3.63, 3.8) is 0 Å². The number of hydrogen-bond donors (Lipinski definition) is 0. The molecule has 0 saturated heterocycles. The fourth-order valence-electron chi connectivity index (χ4n) is 5.90. The van der Waals surface area contributed by atoms with Gasteiger partial charge < -0.3 is 0 Å². The maximum atomic E-state index is 5.17. The van der Waals surface area contributed by atoms with Crippen molar-refractivity contribution in [2.24, 2.45) is 0 Å². The minimum atomic E-state index is 0.687. The first-order chi connectivity index (χ1) is 22.2. The molecule has 8 aromatic rings. The van der Waals surface area contributed by atoms with Crippen molar-refractivity contribution >= 4 is 21.8 Å². The van der Waals surface area contributed by atoms with Crippen LogP contribution in [0.3, 0.4) is 0 Å². The zero-order valence-corrected chi connectivity index (χ0v) is 24.7. The van der Waals surface area contributed by atoms with Gasteiger partial charge in [0.25, 0.3) is 0 Å². The lowest BCUT2D eigenvalue weighted by atomic mass is 9.98. The maximum Gasteiger partial charge on any atom is 0.160 e. The summed E-state index contributed by atoms with van der Waals surface area (Å²) in [7, 11) is 0. The van der Waals surface area contributed by atoms with Gasteiger partial charge in [-0.05, 0) is 36.2 Å². The SMILES string of the molecule is Cc1cc(-c2ccccc2)c2ccc3ccc(-c4ccc(-c5nc(-c6ccccc6)cc(-c6ccccc6)n5)cc4)nc3c2n1. The van der Waals surface area contributed by atoms with Crippen LogP contribution in [0.4, 0.5) is 0 Å². The van der Waals surface area contributed by atoms with Gasteiger partial charge >= 0.3 is 0 Å². The van der Waals surface area contributed by atoms with Crippen LogP contribution in [0.25, 0.3) is 78.1 Å². The second kappa shape index (κ2) is 11.3. The minimum Gasteiger partial charge on any atom is -0.251 e. The van der Waals surface area contributed by atoms with Crippen molar-refractivity contribution in [1.29, 1.82) is 0 Å². The van der Waals surface area contributed by atoms with Crippen LogP contribution >= 0.6 is 0 Å². The first-order valence-corrected chi connectivity index (χ1v) is 15.1. The maximum absolute atomic E-state index is 5.17. The molecule has 3 aromatic heterocycles. The molecule has 0 bridgehead atoms. The molecule has 0 aliphatic carbocycles. The third kappa shape index (κ3) is 5.13. The largest absolute Gasteiger partial charge is 0.251 e. The summed E-state index contributed by atoms with van der Waals surface area (Å²) < 4.78 is 0. The van der Waals surface area contributed by atoms with E-state index in [0.717, 1.165) is 66.8 Å². The molecule has 0 N–H and O–H groups in total. The van der Waals surface area contributed by atoms with Crippen molar-refractivity contribution in [3.05, 3.63) is 157 Å². The molecule has 4 nitrogen and oxygen atoms in total. The molecule has 3 heterocycles. The molecular formula is C41H28N4. The first-order valence-electron chi connectivity index (χ1n) is 15.1. The van der Waals surface area contributed by atoms with Crippen LogP contribution in [-0.2, 0) is 0 Å². The Hall–Kier alpha value is -6.00. The Labute approximate surface area is 261 Å². The summed E-state index contributed by atoms with van der Waals surface area (Å²) in [4.78, 5) is 20.1. The van der Waals surface area contributed by atoms with Gasteiger partial charge in [-0.25, -0.2) is 15.0 Å². The summed E-state index contributed by atoms with van der Waals surface area (Å²) in [5.41, 5.74) is 11.9. The zero-order valence-electron chi connectivity index (χ0n) is 24.7. The topological polar surface area (TPSA) is 51.6 Å². The van der Waals surface area contributed by atoms with Crippen LogP contribution in [0, 0.1) is 6.92 Å². The van der Waals surface area contributed by atoms with Gasteiger partial charge in [0, 0.05) is 38.7 Å². The van der Waals surface area contributed by atoms with Crippen molar-refractivity contribution in [1.82, 2.24) is 19.9 Å². The average Bonchev–Trinajstić information content (AvgIpc) is 3.12. The first kappa shape index (κ1) is 26.6. The number of nitrogens with zero attached hydrogens (tertiary/aromatic N) is 4. The number of aromatic nitrogens is 4. The summed E-state index contributed by atoms with van der Waals surface area (Å²) >= 11 is 0. The molecule has 8 rings (SSSR count). The van der Waals surface area contributed by atoms with E-state index in [2.05, 4.69) is 109 Å². The third-order valence-corrected chi connectivity index (χ3v) is 8.16. The highest BCUT2D eigenvalue weighted by Gasteiger charge is 2.14. The molecule has 0 aliphatic rings. The Morgan fingerprint density at radius 2 is 0.911 bits per heavy atom. The summed E-state index contributed by atoms with van der Waals surface area (Å²) in [6, 6.07) is 52.1. The molecule has 4 heteroatoms. The van der Waals surface area contributed by atoms with E-state index in [9.17, 15) is 0 Å². The van der Waals surface area contributed by atoms with Crippen LogP contribution in [0.2, 0.25) is 0 Å². The van der Waals surface area contributed by atoms with E-state index < -0.39 is 0 Å². The Balaban J connectivity index is 1.21. The quantitative estimate of drug-likeness (QED) is 0.191. The molecule has 0 fully saturated rings. The monoisotopic (exact) mass is 576 g/mol. The van der Waals surface area contributed by atoms with E-state index in [1.807, 2.05) is 49.4 Å². The van der Waals surface area contributed by atoms with Crippen molar-refractivity contribution in [2.45, 2.75) is 6.92 Å². The van der Waals surface area contributed by atoms with E-state index in [4.69, 9.17) is 19.9 Å². The Morgan fingerprint density at radius 3 is 1.53 bits per heavy atom. The number of benzene rings is 5. The predicted molar refractivity (Wildman–Crippen MR) is 185 cm³/mol. The molecule has 0 atom stereocenters. The normalized spacial score (nSPS) is 11.2. The van der Waals surface area contributed by atoms with Gasteiger partial charge in [0.1, 0.15) is 0 Å². The molecule has 0 radical (unpaired) electrons. The van der Waals surface area contributed by atoms with Gasteiger partial charge in [-0.1, -0.05) is 133 Å². The fourth-order valence-corrected chi connectivity index (χ4v) is 5.90. The van der Waals surface area contributed by atoms with E-state index in [0.29, 0.717) is 5.82 Å². The van der Waals surface area contributed by atoms with Gasteiger partial charge in [-0.15, -0.1) is 0 Å². The van der Waals surface area contributed by atoms with Crippen LogP contribution in [0.15, 0.2) is 152 Å². The highest BCUT2D eigenvalue weighted by molar-refractivity contribution is 6.08. The smallest absolute Gasteiger partial charge is 0.160 e. The van der Waals surface area contributed by atoms with E-state index in [1.165, 1.54) is 11.1 Å². The summed E-state index contributed by atoms with van der Waals surface area (Å²) in [5.74, 6) is 0.687. The Kier molecular flexibility index (Phi) is 6.65. The molecule has 45 heavy (non-hydrogen) atoms. The van der Waals surface area contributed by atoms with Crippen LogP contribution in [-0.4, -0.2) is 19.9 Å². The Bertz CT molecular complexity index is 2240. The van der Waals surface area contributed by atoms with Gasteiger partial charge in [0.15, 0.2) is 5.82 Å². The van der Waals surface area contributed by atoms with Crippen molar-refractivity contribution in [2.75, 3.05) is 0 Å². The average molecular weight is 577 g/mol. The third-order valence-electron chi connectivity index (χ3n) is 8.16. The lowest BCUT2D eigenvalue weighted by Gasteiger charge is -2.12. The zero-order chi connectivity index (χ0) is 30.2. The number of aryl methyl sites for hydroxylation is 1. The molecule has 0 unspecified atom stereocenters. The molecule has 0 spiro atoms. The van der Waals surface area contributed by atoms with E-state index in [-0.39, 0.29) is 0 Å². The van der Waals surface area contributed by atoms with Crippen LogP contribution in [0.5, 0.6) is 0 Å². The minimum absolute atomic E-state index is 0.687. The molecule has 0 aliphatic heterocycles. The molecule has 0 saturated carbocycles. The number of pyridine rings is 2.